The van der Waals surface area contributed by atoms with Gasteiger partial charge in [0.2, 0.25) is 0 Å². The van der Waals surface area contributed by atoms with E-state index in [9.17, 15) is 4.79 Å². The molecule has 0 aliphatic heterocycles. The Morgan fingerprint density at radius 2 is 2.15 bits per heavy atom. The largest absolute Gasteiger partial charge is 0.382 e. The molecule has 114 valence electrons. The van der Waals surface area contributed by atoms with Crippen LogP contribution in [0.2, 0.25) is 0 Å². The van der Waals surface area contributed by atoms with Gasteiger partial charge < -0.3 is 14.8 Å². The average Bonchev–Trinajstić information content (AvgIpc) is 2.41. The molecule has 1 N–H and O–H groups in total. The second kappa shape index (κ2) is 9.10. The van der Waals surface area contributed by atoms with Gasteiger partial charge in [-0.2, -0.15) is 5.10 Å². The summed E-state index contributed by atoms with van der Waals surface area (Å²) in [4.78, 5) is 12.1. The van der Waals surface area contributed by atoms with Crippen molar-refractivity contribution in [2.24, 2.45) is 5.92 Å². The summed E-state index contributed by atoms with van der Waals surface area (Å²) in [5.41, 5.74) is 0.564. The summed E-state index contributed by atoms with van der Waals surface area (Å²) in [5.74, 6) is 0.375. The molecule has 0 aliphatic rings. The van der Waals surface area contributed by atoms with Crippen molar-refractivity contribution < 1.29 is 9.47 Å². The predicted molar refractivity (Wildman–Crippen MR) is 82.2 cm³/mol. The van der Waals surface area contributed by atoms with Crippen LogP contribution in [0.15, 0.2) is 15.5 Å². The lowest BCUT2D eigenvalue weighted by atomic mass is 10.2. The average molecular weight is 348 g/mol. The molecule has 0 radical (unpaired) electrons. The maximum atomic E-state index is 12.1. The van der Waals surface area contributed by atoms with Crippen molar-refractivity contribution in [1.29, 1.82) is 0 Å². The first-order valence-electron chi connectivity index (χ1n) is 6.62. The molecule has 0 saturated heterocycles. The van der Waals surface area contributed by atoms with Crippen LogP contribution in [-0.4, -0.2) is 43.3 Å². The summed E-state index contributed by atoms with van der Waals surface area (Å²) >= 11 is 3.32. The number of hydrogen-bond donors (Lipinski definition) is 1. The van der Waals surface area contributed by atoms with Crippen LogP contribution in [0, 0.1) is 5.92 Å². The van der Waals surface area contributed by atoms with Gasteiger partial charge in [0.05, 0.1) is 31.7 Å². The molecule has 1 aromatic rings. The number of nitrogens with zero attached hydrogens (tertiary/aromatic N) is 2. The quantitative estimate of drug-likeness (QED) is 0.689. The van der Waals surface area contributed by atoms with E-state index in [0.717, 1.165) is 0 Å². The lowest BCUT2D eigenvalue weighted by Crippen LogP contribution is -2.26. The number of methoxy groups -OCH3 is 1. The van der Waals surface area contributed by atoms with Crippen molar-refractivity contribution in [2.75, 3.05) is 38.8 Å². The SMILES string of the molecule is COCCOCCNc1cnn(CC(C)C)c(=O)c1Br. The van der Waals surface area contributed by atoms with E-state index < -0.39 is 0 Å². The van der Waals surface area contributed by atoms with Crippen molar-refractivity contribution in [3.63, 3.8) is 0 Å². The Balaban J connectivity index is 2.51. The summed E-state index contributed by atoms with van der Waals surface area (Å²) in [7, 11) is 1.64. The molecule has 20 heavy (non-hydrogen) atoms. The first-order valence-corrected chi connectivity index (χ1v) is 7.41. The van der Waals surface area contributed by atoms with Crippen LogP contribution in [0.4, 0.5) is 5.69 Å². The molecule has 0 atom stereocenters. The minimum atomic E-state index is -0.121. The van der Waals surface area contributed by atoms with Gasteiger partial charge in [0.15, 0.2) is 0 Å². The second-order valence-electron chi connectivity index (χ2n) is 4.79. The van der Waals surface area contributed by atoms with Gasteiger partial charge in [-0.25, -0.2) is 4.68 Å². The minimum Gasteiger partial charge on any atom is -0.382 e. The smallest absolute Gasteiger partial charge is 0.283 e. The fraction of sp³-hybridized carbons (Fsp3) is 0.692. The molecule has 0 saturated carbocycles. The second-order valence-corrected chi connectivity index (χ2v) is 5.58. The van der Waals surface area contributed by atoms with E-state index in [1.54, 1.807) is 13.3 Å². The Morgan fingerprint density at radius 3 is 2.80 bits per heavy atom. The molecule has 0 unspecified atom stereocenters. The molecule has 0 amide bonds. The topological polar surface area (TPSA) is 65.4 Å². The van der Waals surface area contributed by atoms with Gasteiger partial charge in [-0.3, -0.25) is 4.79 Å². The number of rotatable bonds is 9. The number of nitrogens with one attached hydrogen (secondary N) is 1. The summed E-state index contributed by atoms with van der Waals surface area (Å²) in [6, 6.07) is 0. The van der Waals surface area contributed by atoms with Crippen LogP contribution in [0.5, 0.6) is 0 Å². The third-order valence-electron chi connectivity index (χ3n) is 2.52. The van der Waals surface area contributed by atoms with Crippen LogP contribution < -0.4 is 10.9 Å². The summed E-state index contributed by atoms with van der Waals surface area (Å²) < 4.78 is 12.2. The Kier molecular flexibility index (Phi) is 7.79. The number of anilines is 1. The zero-order valence-electron chi connectivity index (χ0n) is 12.2. The Labute approximate surface area is 127 Å². The van der Waals surface area contributed by atoms with E-state index in [1.807, 2.05) is 13.8 Å². The highest BCUT2D eigenvalue weighted by molar-refractivity contribution is 9.10. The van der Waals surface area contributed by atoms with Crippen LogP contribution >= 0.6 is 15.9 Å². The fourth-order valence-corrected chi connectivity index (χ4v) is 2.01. The molecule has 1 aromatic heterocycles. The van der Waals surface area contributed by atoms with Crippen molar-refractivity contribution in [3.8, 4) is 0 Å². The van der Waals surface area contributed by atoms with E-state index in [0.29, 0.717) is 49.0 Å². The highest BCUT2D eigenvalue weighted by Gasteiger charge is 2.09. The zero-order valence-corrected chi connectivity index (χ0v) is 13.8. The number of halogens is 1. The van der Waals surface area contributed by atoms with Crippen molar-refractivity contribution in [1.82, 2.24) is 9.78 Å². The van der Waals surface area contributed by atoms with Crippen LogP contribution in [0.1, 0.15) is 13.8 Å². The normalized spacial score (nSPS) is 11.1. The third kappa shape index (κ3) is 5.60. The molecule has 0 bridgehead atoms. The van der Waals surface area contributed by atoms with Crippen molar-refractivity contribution in [2.45, 2.75) is 20.4 Å². The van der Waals surface area contributed by atoms with E-state index >= 15 is 0 Å². The monoisotopic (exact) mass is 347 g/mol. The van der Waals surface area contributed by atoms with Crippen LogP contribution in [0.25, 0.3) is 0 Å². The lowest BCUT2D eigenvalue weighted by Gasteiger charge is -2.11. The standard InChI is InChI=1S/C13H22BrN3O3/c1-10(2)9-17-13(18)12(14)11(8-16-17)15-4-5-20-7-6-19-3/h8,10,15H,4-7,9H2,1-3H3. The van der Waals surface area contributed by atoms with E-state index in [2.05, 4.69) is 26.3 Å². The zero-order chi connectivity index (χ0) is 15.0. The fourth-order valence-electron chi connectivity index (χ4n) is 1.57. The van der Waals surface area contributed by atoms with Crippen molar-refractivity contribution in [3.05, 3.63) is 21.0 Å². The summed E-state index contributed by atoms with van der Waals surface area (Å²) in [5, 5.41) is 7.28. The Bertz CT molecular complexity index is 463. The Hall–Kier alpha value is -0.920. The van der Waals surface area contributed by atoms with Gasteiger partial charge in [0, 0.05) is 20.2 Å². The molecule has 0 fully saturated rings. The van der Waals surface area contributed by atoms with E-state index in [4.69, 9.17) is 9.47 Å². The maximum Gasteiger partial charge on any atom is 0.283 e. The highest BCUT2D eigenvalue weighted by atomic mass is 79.9. The first kappa shape index (κ1) is 17.1. The van der Waals surface area contributed by atoms with E-state index in [1.165, 1.54) is 4.68 Å². The Morgan fingerprint density at radius 1 is 1.40 bits per heavy atom. The van der Waals surface area contributed by atoms with Gasteiger partial charge >= 0.3 is 0 Å². The lowest BCUT2D eigenvalue weighted by molar-refractivity contribution is 0.0759. The predicted octanol–water partition coefficient (Wildman–Crippen LogP) is 1.74. The third-order valence-corrected chi connectivity index (χ3v) is 3.28. The summed E-state index contributed by atoms with van der Waals surface area (Å²) in [6.45, 7) is 7.00. The molecule has 1 heterocycles. The van der Waals surface area contributed by atoms with Gasteiger partial charge in [0.25, 0.3) is 5.56 Å². The van der Waals surface area contributed by atoms with Gasteiger partial charge in [0.1, 0.15) is 4.47 Å². The molecule has 0 spiro atoms. The molecule has 1 rings (SSSR count). The van der Waals surface area contributed by atoms with Crippen molar-refractivity contribution >= 4 is 21.6 Å². The molecule has 0 aliphatic carbocycles. The van der Waals surface area contributed by atoms with Crippen LogP contribution in [0.3, 0.4) is 0 Å². The van der Waals surface area contributed by atoms with Crippen LogP contribution in [-0.2, 0) is 16.0 Å². The van der Waals surface area contributed by atoms with Gasteiger partial charge in [-0.15, -0.1) is 0 Å². The molecule has 0 aromatic carbocycles. The number of ether oxygens (including phenoxy) is 2. The minimum absolute atomic E-state index is 0.121. The van der Waals surface area contributed by atoms with Gasteiger partial charge in [-0.05, 0) is 21.8 Å². The highest BCUT2D eigenvalue weighted by Crippen LogP contribution is 2.15. The molecule has 6 nitrogen and oxygen atoms in total. The van der Waals surface area contributed by atoms with E-state index in [-0.39, 0.29) is 5.56 Å². The first-order chi connectivity index (χ1) is 9.56. The molecule has 7 heteroatoms. The summed E-state index contributed by atoms with van der Waals surface area (Å²) in [6.07, 6.45) is 1.66. The van der Waals surface area contributed by atoms with Gasteiger partial charge in [-0.1, -0.05) is 13.8 Å². The molecular formula is C13H22BrN3O3. The number of aromatic nitrogens is 2. The maximum absolute atomic E-state index is 12.1. The molecular weight excluding hydrogens is 326 g/mol. The number of hydrogen-bond acceptors (Lipinski definition) is 5.